The van der Waals surface area contributed by atoms with Crippen LogP contribution in [0.25, 0.3) is 0 Å². The molecule has 0 aromatic carbocycles. The lowest BCUT2D eigenvalue weighted by molar-refractivity contribution is 0.795. The van der Waals surface area contributed by atoms with Crippen molar-refractivity contribution in [1.29, 1.82) is 0 Å². The molecule has 0 radical (unpaired) electrons. The van der Waals surface area contributed by atoms with Crippen molar-refractivity contribution < 1.29 is 0 Å². The van der Waals surface area contributed by atoms with Crippen LogP contribution in [0.1, 0.15) is 26.7 Å². The summed E-state index contributed by atoms with van der Waals surface area (Å²) in [5.41, 5.74) is 1.15. The Morgan fingerprint density at radius 3 is 2.14 bits per heavy atom. The lowest BCUT2D eigenvalue weighted by atomic mass is 10.1. The molecule has 0 saturated carbocycles. The van der Waals surface area contributed by atoms with Crippen molar-refractivity contribution in [2.45, 2.75) is 26.7 Å². The fraction of sp³-hybridized carbons (Fsp3) is 0.538. The van der Waals surface area contributed by atoms with E-state index in [1.807, 2.05) is 12.2 Å². The van der Waals surface area contributed by atoms with Crippen LogP contribution < -0.4 is 5.32 Å². The highest BCUT2D eigenvalue weighted by molar-refractivity contribution is 5.19. The quantitative estimate of drug-likeness (QED) is 0.678. The minimum Gasteiger partial charge on any atom is -0.317 e. The van der Waals surface area contributed by atoms with Crippen molar-refractivity contribution in [3.05, 3.63) is 37.0 Å². The number of allylic oxidation sites excluding steroid dienone is 4. The first-order valence-corrected chi connectivity index (χ1v) is 5.37. The molecule has 0 aromatic rings. The maximum Gasteiger partial charge on any atom is -0.00484 e. The van der Waals surface area contributed by atoms with Crippen LogP contribution in [0.2, 0.25) is 0 Å². The first-order chi connectivity index (χ1) is 6.68. The summed E-state index contributed by atoms with van der Waals surface area (Å²) >= 11 is 0. The molecule has 1 nitrogen and oxygen atoms in total. The van der Waals surface area contributed by atoms with Gasteiger partial charge in [0.25, 0.3) is 0 Å². The molecule has 14 heavy (non-hydrogen) atoms. The summed E-state index contributed by atoms with van der Waals surface area (Å²) in [6, 6.07) is 0. The van der Waals surface area contributed by atoms with Crippen LogP contribution in [0.4, 0.5) is 0 Å². The highest BCUT2D eigenvalue weighted by atomic mass is 14.9. The van der Waals surface area contributed by atoms with E-state index in [1.165, 1.54) is 25.9 Å². The minimum atomic E-state index is 0.543. The van der Waals surface area contributed by atoms with Gasteiger partial charge in [0, 0.05) is 0 Å². The van der Waals surface area contributed by atoms with Gasteiger partial charge in [-0.1, -0.05) is 50.8 Å². The smallest absolute Gasteiger partial charge is 0.00484 e. The Hall–Kier alpha value is -0.820. The predicted molar refractivity (Wildman–Crippen MR) is 65.4 cm³/mol. The SMILES string of the molecule is C1CCNC1.C=C/C=C\C(=C)C(C)C. The van der Waals surface area contributed by atoms with Crippen molar-refractivity contribution >= 4 is 0 Å². The first kappa shape index (κ1) is 13.2. The van der Waals surface area contributed by atoms with Gasteiger partial charge in [0.05, 0.1) is 0 Å². The Morgan fingerprint density at radius 2 is 1.86 bits per heavy atom. The van der Waals surface area contributed by atoms with Gasteiger partial charge in [-0.2, -0.15) is 0 Å². The van der Waals surface area contributed by atoms with Gasteiger partial charge in [-0.05, 0) is 31.8 Å². The monoisotopic (exact) mass is 193 g/mol. The largest absolute Gasteiger partial charge is 0.317 e. The van der Waals surface area contributed by atoms with Gasteiger partial charge in [0.1, 0.15) is 0 Å². The highest BCUT2D eigenvalue weighted by Gasteiger charge is 1.93. The van der Waals surface area contributed by atoms with Crippen LogP contribution in [0.3, 0.4) is 0 Å². The van der Waals surface area contributed by atoms with Gasteiger partial charge in [0.15, 0.2) is 0 Å². The van der Waals surface area contributed by atoms with Crippen molar-refractivity contribution in [3.63, 3.8) is 0 Å². The van der Waals surface area contributed by atoms with E-state index < -0.39 is 0 Å². The normalized spacial score (nSPS) is 15.4. The molecule has 0 atom stereocenters. The molecular weight excluding hydrogens is 170 g/mol. The zero-order valence-electron chi connectivity index (χ0n) is 9.55. The Morgan fingerprint density at radius 1 is 1.29 bits per heavy atom. The molecule has 80 valence electrons. The standard InChI is InChI=1S/C9H14.C4H9N/c1-5-6-7-9(4)8(2)3;1-2-4-5-3-1/h5-8H,1,4H2,2-3H3;5H,1-4H2/b7-6-;. The van der Waals surface area contributed by atoms with E-state index in [-0.39, 0.29) is 0 Å². The molecule has 1 heterocycles. The summed E-state index contributed by atoms with van der Waals surface area (Å²) in [5.74, 6) is 0.543. The predicted octanol–water partition coefficient (Wildman–Crippen LogP) is 3.31. The minimum absolute atomic E-state index is 0.543. The second-order valence-electron chi connectivity index (χ2n) is 3.78. The Balaban J connectivity index is 0.000000280. The van der Waals surface area contributed by atoms with E-state index in [0.717, 1.165) is 5.57 Å². The van der Waals surface area contributed by atoms with Gasteiger partial charge < -0.3 is 5.32 Å². The van der Waals surface area contributed by atoms with Crippen molar-refractivity contribution in [1.82, 2.24) is 5.32 Å². The summed E-state index contributed by atoms with van der Waals surface area (Å²) in [7, 11) is 0. The average molecular weight is 193 g/mol. The van der Waals surface area contributed by atoms with E-state index in [0.29, 0.717) is 5.92 Å². The Labute approximate surface area is 88.6 Å². The van der Waals surface area contributed by atoms with Crippen LogP contribution in [0.15, 0.2) is 37.0 Å². The Bertz CT molecular complexity index is 178. The molecule has 0 aromatic heterocycles. The molecule has 0 unspecified atom stereocenters. The summed E-state index contributed by atoms with van der Waals surface area (Å²) in [6.07, 6.45) is 8.42. The third kappa shape index (κ3) is 7.81. The number of hydrogen-bond donors (Lipinski definition) is 1. The fourth-order valence-electron chi connectivity index (χ4n) is 1.01. The van der Waals surface area contributed by atoms with Gasteiger partial charge in [0.2, 0.25) is 0 Å². The van der Waals surface area contributed by atoms with Crippen LogP contribution in [-0.2, 0) is 0 Å². The molecule has 0 aliphatic carbocycles. The molecule has 0 amide bonds. The van der Waals surface area contributed by atoms with Crippen molar-refractivity contribution in [3.8, 4) is 0 Å². The maximum atomic E-state index is 3.86. The van der Waals surface area contributed by atoms with Gasteiger partial charge in [-0.15, -0.1) is 0 Å². The molecule has 0 spiro atoms. The summed E-state index contributed by atoms with van der Waals surface area (Å²) in [5, 5.41) is 3.22. The number of hydrogen-bond acceptors (Lipinski definition) is 1. The van der Waals surface area contributed by atoms with Gasteiger partial charge >= 0.3 is 0 Å². The lowest BCUT2D eigenvalue weighted by Crippen LogP contribution is -2.03. The molecule has 1 fully saturated rings. The number of rotatable bonds is 3. The average Bonchev–Trinajstić information content (AvgIpc) is 2.71. The molecule has 0 bridgehead atoms. The van der Waals surface area contributed by atoms with Gasteiger partial charge in [-0.3, -0.25) is 0 Å². The van der Waals surface area contributed by atoms with E-state index in [4.69, 9.17) is 0 Å². The molecule has 1 N–H and O–H groups in total. The van der Waals surface area contributed by atoms with E-state index in [2.05, 4.69) is 32.3 Å². The van der Waals surface area contributed by atoms with E-state index in [9.17, 15) is 0 Å². The zero-order valence-corrected chi connectivity index (χ0v) is 9.55. The van der Waals surface area contributed by atoms with E-state index >= 15 is 0 Å². The lowest BCUT2D eigenvalue weighted by Gasteiger charge is -2.00. The third-order valence-corrected chi connectivity index (χ3v) is 2.15. The zero-order chi connectivity index (χ0) is 10.8. The number of nitrogens with one attached hydrogen (secondary N) is 1. The summed E-state index contributed by atoms with van der Waals surface area (Å²) < 4.78 is 0. The molecule has 1 saturated heterocycles. The molecule has 1 rings (SSSR count). The van der Waals surface area contributed by atoms with Crippen molar-refractivity contribution in [2.75, 3.05) is 13.1 Å². The van der Waals surface area contributed by atoms with Crippen LogP contribution in [0, 0.1) is 5.92 Å². The Kier molecular flexibility index (Phi) is 8.25. The first-order valence-electron chi connectivity index (χ1n) is 5.37. The summed E-state index contributed by atoms with van der Waals surface area (Å²) in [4.78, 5) is 0. The summed E-state index contributed by atoms with van der Waals surface area (Å²) in [6.45, 7) is 14.2. The second-order valence-corrected chi connectivity index (χ2v) is 3.78. The third-order valence-electron chi connectivity index (χ3n) is 2.15. The molecule has 1 aliphatic heterocycles. The van der Waals surface area contributed by atoms with Crippen LogP contribution >= 0.6 is 0 Å². The van der Waals surface area contributed by atoms with Gasteiger partial charge in [-0.25, -0.2) is 0 Å². The fourth-order valence-corrected chi connectivity index (χ4v) is 1.01. The topological polar surface area (TPSA) is 12.0 Å². The van der Waals surface area contributed by atoms with Crippen LogP contribution in [-0.4, -0.2) is 13.1 Å². The molecular formula is C13H23N. The van der Waals surface area contributed by atoms with Crippen LogP contribution in [0.5, 0.6) is 0 Å². The highest BCUT2D eigenvalue weighted by Crippen LogP contribution is 2.06. The van der Waals surface area contributed by atoms with Crippen molar-refractivity contribution in [2.24, 2.45) is 5.92 Å². The van der Waals surface area contributed by atoms with E-state index in [1.54, 1.807) is 6.08 Å². The maximum absolute atomic E-state index is 3.86. The second kappa shape index (κ2) is 8.76. The molecule has 1 aliphatic rings. The molecule has 1 heteroatoms.